The molecule has 0 heterocycles. The minimum Gasteiger partial charge on any atom is -0.329 e. The van der Waals surface area contributed by atoms with E-state index in [1.165, 1.54) is 12.8 Å². The zero-order chi connectivity index (χ0) is 9.07. The van der Waals surface area contributed by atoms with E-state index >= 15 is 0 Å². The van der Waals surface area contributed by atoms with Gasteiger partial charge in [0.05, 0.1) is 0 Å². The van der Waals surface area contributed by atoms with E-state index in [9.17, 15) is 0 Å². The lowest BCUT2D eigenvalue weighted by Crippen LogP contribution is -2.47. The molecule has 2 heteroatoms. The van der Waals surface area contributed by atoms with Crippen molar-refractivity contribution in [3.8, 4) is 0 Å². The molecule has 0 rings (SSSR count). The normalized spacial score (nSPS) is 13.1. The summed E-state index contributed by atoms with van der Waals surface area (Å²) in [5, 5.41) is 0. The molecule has 0 saturated carbocycles. The van der Waals surface area contributed by atoms with Gasteiger partial charge < -0.3 is 4.57 Å². The first-order valence-corrected chi connectivity index (χ1v) is 7.66. The lowest BCUT2D eigenvalue weighted by atomic mass is 10.3. The molecule has 0 radical (unpaired) electrons. The number of rotatable bonds is 4. The molecule has 0 spiro atoms. The Balaban J connectivity index is 4.24. The van der Waals surface area contributed by atoms with E-state index in [2.05, 4.69) is 45.6 Å². The second kappa shape index (κ2) is 4.26. The average Bonchev–Trinajstić information content (AvgIpc) is 1.89. The summed E-state index contributed by atoms with van der Waals surface area (Å²) in [6, 6.07) is 0. The molecule has 68 valence electrons. The molecule has 0 saturated heterocycles. The van der Waals surface area contributed by atoms with Crippen LogP contribution in [0.5, 0.6) is 0 Å². The highest BCUT2D eigenvalue weighted by atomic mass is 28.3. The first kappa shape index (κ1) is 11.2. The molecule has 1 nitrogen and oxygen atoms in total. The first-order chi connectivity index (χ1) is 4.96. The number of nitrogens with zero attached hydrogens (tertiary/aromatic N) is 1. The molecule has 0 amide bonds. The summed E-state index contributed by atoms with van der Waals surface area (Å²) in [7, 11) is 3.38. The maximum atomic E-state index is 2.46. The summed E-state index contributed by atoms with van der Waals surface area (Å²) in [5.74, 6) is 0. The van der Waals surface area contributed by atoms with Gasteiger partial charge in [-0.3, -0.25) is 0 Å². The van der Waals surface area contributed by atoms with Crippen molar-refractivity contribution in [2.75, 3.05) is 14.1 Å². The Kier molecular flexibility index (Phi) is 4.33. The molecule has 0 bridgehead atoms. The van der Waals surface area contributed by atoms with Crippen LogP contribution in [0.3, 0.4) is 0 Å². The van der Waals surface area contributed by atoms with Crippen LogP contribution in [0.25, 0.3) is 0 Å². The summed E-state index contributed by atoms with van der Waals surface area (Å²) in [6.45, 7) is 9.55. The van der Waals surface area contributed by atoms with E-state index in [0.717, 1.165) is 5.54 Å². The summed E-state index contributed by atoms with van der Waals surface area (Å²) >= 11 is 0. The van der Waals surface area contributed by atoms with Gasteiger partial charge in [-0.25, -0.2) is 0 Å². The van der Waals surface area contributed by atoms with Gasteiger partial charge in [0.25, 0.3) is 0 Å². The Hall–Kier alpha value is 0.177. The largest absolute Gasteiger partial charge is 0.329 e. The lowest BCUT2D eigenvalue weighted by Gasteiger charge is -2.37. The minimum atomic E-state index is -1.08. The van der Waals surface area contributed by atoms with Gasteiger partial charge >= 0.3 is 0 Å². The zero-order valence-corrected chi connectivity index (χ0v) is 9.94. The van der Waals surface area contributed by atoms with Crippen LogP contribution in [-0.2, 0) is 0 Å². The second-order valence-corrected chi connectivity index (χ2v) is 9.08. The fraction of sp³-hybridized carbons (Fsp3) is 1.00. The molecular formula is C9H23NSi. The van der Waals surface area contributed by atoms with Crippen LogP contribution in [0.1, 0.15) is 26.7 Å². The molecule has 0 N–H and O–H groups in total. The van der Waals surface area contributed by atoms with Gasteiger partial charge in [0.2, 0.25) is 0 Å². The van der Waals surface area contributed by atoms with Crippen molar-refractivity contribution in [2.24, 2.45) is 0 Å². The SMILES string of the molecule is CCC(CC)[Si](C)(C)N(C)C. The van der Waals surface area contributed by atoms with Crippen LogP contribution in [0.4, 0.5) is 0 Å². The highest BCUT2D eigenvalue weighted by molar-refractivity contribution is 6.76. The van der Waals surface area contributed by atoms with E-state index in [-0.39, 0.29) is 0 Å². The number of hydrogen-bond donors (Lipinski definition) is 0. The monoisotopic (exact) mass is 173 g/mol. The van der Waals surface area contributed by atoms with E-state index in [1.807, 2.05) is 0 Å². The highest BCUT2D eigenvalue weighted by Gasteiger charge is 2.31. The third kappa shape index (κ3) is 2.60. The number of hydrogen-bond acceptors (Lipinski definition) is 1. The Morgan fingerprint density at radius 1 is 1.09 bits per heavy atom. The van der Waals surface area contributed by atoms with Crippen LogP contribution in [0.15, 0.2) is 0 Å². The molecule has 0 aliphatic carbocycles. The van der Waals surface area contributed by atoms with Crippen molar-refractivity contribution >= 4 is 8.24 Å². The molecule has 11 heavy (non-hydrogen) atoms. The van der Waals surface area contributed by atoms with Gasteiger partial charge in [0.1, 0.15) is 8.24 Å². The summed E-state index contributed by atoms with van der Waals surface area (Å²) in [6.07, 6.45) is 2.68. The molecule has 0 aromatic rings. The van der Waals surface area contributed by atoms with E-state index in [1.54, 1.807) is 0 Å². The van der Waals surface area contributed by atoms with Crippen molar-refractivity contribution in [3.05, 3.63) is 0 Å². The molecule has 0 aliphatic rings. The van der Waals surface area contributed by atoms with Gasteiger partial charge in [-0.05, 0) is 19.6 Å². The summed E-state index contributed by atoms with van der Waals surface area (Å²) in [4.78, 5) is 0. The summed E-state index contributed by atoms with van der Waals surface area (Å²) in [5.41, 5.74) is 0.956. The molecular weight excluding hydrogens is 150 g/mol. The van der Waals surface area contributed by atoms with Gasteiger partial charge in [-0.1, -0.05) is 39.8 Å². The van der Waals surface area contributed by atoms with Crippen molar-refractivity contribution in [1.29, 1.82) is 0 Å². The molecule has 0 aromatic carbocycles. The topological polar surface area (TPSA) is 3.24 Å². The van der Waals surface area contributed by atoms with Crippen LogP contribution in [-0.4, -0.2) is 26.9 Å². The fourth-order valence-electron chi connectivity index (χ4n) is 1.65. The predicted molar refractivity (Wildman–Crippen MR) is 55.5 cm³/mol. The molecule has 0 aliphatic heterocycles. The fourth-order valence-corrected chi connectivity index (χ4v) is 4.38. The van der Waals surface area contributed by atoms with Crippen LogP contribution >= 0.6 is 0 Å². The van der Waals surface area contributed by atoms with Crippen LogP contribution < -0.4 is 0 Å². The van der Waals surface area contributed by atoms with Gasteiger partial charge in [-0.2, -0.15) is 0 Å². The highest BCUT2D eigenvalue weighted by Crippen LogP contribution is 2.29. The maximum Gasteiger partial charge on any atom is 0.124 e. The van der Waals surface area contributed by atoms with Crippen molar-refractivity contribution in [2.45, 2.75) is 45.3 Å². The average molecular weight is 173 g/mol. The quantitative estimate of drug-likeness (QED) is 0.591. The second-order valence-electron chi connectivity index (χ2n) is 4.06. The van der Waals surface area contributed by atoms with Crippen molar-refractivity contribution in [1.82, 2.24) is 4.57 Å². The predicted octanol–water partition coefficient (Wildman–Crippen LogP) is 2.94. The lowest BCUT2D eigenvalue weighted by molar-refractivity contribution is 0.571. The van der Waals surface area contributed by atoms with E-state index < -0.39 is 8.24 Å². The Labute approximate surface area is 72.9 Å². The Morgan fingerprint density at radius 2 is 1.45 bits per heavy atom. The van der Waals surface area contributed by atoms with Crippen molar-refractivity contribution < 1.29 is 0 Å². The molecule has 0 unspecified atom stereocenters. The Bertz CT molecular complexity index is 106. The molecule has 0 fully saturated rings. The molecule has 0 atom stereocenters. The maximum absolute atomic E-state index is 2.46. The standard InChI is InChI=1S/C9H23NSi/c1-7-9(8-2)11(5,6)10(3)4/h9H,7-8H2,1-6H3. The third-order valence-corrected chi connectivity index (χ3v) is 8.26. The Morgan fingerprint density at radius 3 is 1.55 bits per heavy atom. The van der Waals surface area contributed by atoms with Gasteiger partial charge in [0, 0.05) is 0 Å². The zero-order valence-electron chi connectivity index (χ0n) is 8.94. The summed E-state index contributed by atoms with van der Waals surface area (Å²) < 4.78 is 2.46. The van der Waals surface area contributed by atoms with Crippen LogP contribution in [0.2, 0.25) is 18.6 Å². The smallest absolute Gasteiger partial charge is 0.124 e. The van der Waals surface area contributed by atoms with Gasteiger partial charge in [-0.15, -0.1) is 0 Å². The van der Waals surface area contributed by atoms with E-state index in [4.69, 9.17) is 0 Å². The third-order valence-electron chi connectivity index (χ3n) is 3.14. The molecule has 0 aromatic heterocycles. The van der Waals surface area contributed by atoms with Crippen LogP contribution in [0, 0.1) is 0 Å². The van der Waals surface area contributed by atoms with Crippen molar-refractivity contribution in [3.63, 3.8) is 0 Å². The van der Waals surface area contributed by atoms with E-state index in [0.29, 0.717) is 0 Å². The van der Waals surface area contributed by atoms with Gasteiger partial charge in [0.15, 0.2) is 0 Å². The first-order valence-electron chi connectivity index (χ1n) is 4.64. The minimum absolute atomic E-state index is 0.956.